The number of oxime groups is 1. The molecular formula is C13H19N6NaO7S3. The first-order valence-electron chi connectivity index (χ1n) is 7.86. The number of carbonyl (C=O) groups is 3. The normalized spacial score (nSPS) is 18.8. The van der Waals surface area contributed by atoms with Crippen LogP contribution in [0.15, 0.2) is 10.5 Å². The van der Waals surface area contributed by atoms with Crippen molar-refractivity contribution < 1.29 is 32.2 Å². The molecule has 1 aliphatic rings. The van der Waals surface area contributed by atoms with E-state index in [0.29, 0.717) is 0 Å². The van der Waals surface area contributed by atoms with Crippen LogP contribution in [0.3, 0.4) is 0 Å². The first-order valence-corrected chi connectivity index (χ1v) is 11.2. The molecule has 0 saturated carbocycles. The molecule has 30 heavy (non-hydrogen) atoms. The number of hydrogen-bond donors (Lipinski definition) is 4. The van der Waals surface area contributed by atoms with Crippen LogP contribution in [0.1, 0.15) is 12.6 Å². The molecule has 1 aromatic rings. The van der Waals surface area contributed by atoms with Gasteiger partial charge in [0.2, 0.25) is 5.91 Å². The molecule has 0 unspecified atom stereocenters. The van der Waals surface area contributed by atoms with Crippen LogP contribution in [0.4, 0.5) is 5.13 Å². The number of aromatic nitrogens is 1. The second-order valence-corrected chi connectivity index (χ2v) is 8.90. The molecule has 1 aliphatic heterocycles. The van der Waals surface area contributed by atoms with Crippen LogP contribution in [-0.2, 0) is 29.5 Å². The summed E-state index contributed by atoms with van der Waals surface area (Å²) in [6.07, 6.45) is 0. The van der Waals surface area contributed by atoms with Crippen molar-refractivity contribution >= 4 is 91.5 Å². The maximum atomic E-state index is 12.6. The monoisotopic (exact) mass is 490 g/mol. The summed E-state index contributed by atoms with van der Waals surface area (Å²) < 4.78 is 32.5. The molecule has 0 aliphatic carbocycles. The van der Waals surface area contributed by atoms with Crippen molar-refractivity contribution in [2.45, 2.75) is 18.3 Å². The fraction of sp³-hybridized carbons (Fsp3) is 0.462. The van der Waals surface area contributed by atoms with Gasteiger partial charge in [0, 0.05) is 24.6 Å². The van der Waals surface area contributed by atoms with E-state index in [1.54, 1.807) is 0 Å². The van der Waals surface area contributed by atoms with Gasteiger partial charge in [0.15, 0.2) is 10.8 Å². The van der Waals surface area contributed by atoms with Crippen molar-refractivity contribution in [3.8, 4) is 0 Å². The Morgan fingerprint density at radius 1 is 1.50 bits per heavy atom. The third-order valence-electron chi connectivity index (χ3n) is 3.46. The van der Waals surface area contributed by atoms with Crippen LogP contribution in [0.5, 0.6) is 0 Å². The van der Waals surface area contributed by atoms with Crippen molar-refractivity contribution in [1.29, 1.82) is 0 Å². The Hall–Kier alpha value is -1.43. The number of thiazole rings is 1. The number of rotatable bonds is 9. The number of carbonyl (C=O) groups excluding carboxylic acids is 3. The molecule has 1 fully saturated rings. The Kier molecular flexibility index (Phi) is 9.99. The molecule has 0 spiro atoms. The van der Waals surface area contributed by atoms with Crippen LogP contribution in [-0.4, -0.2) is 106 Å². The summed E-state index contributed by atoms with van der Waals surface area (Å²) in [5, 5.41) is 8.98. The van der Waals surface area contributed by atoms with E-state index >= 15 is 0 Å². The second-order valence-electron chi connectivity index (χ2n) is 5.50. The van der Waals surface area contributed by atoms with E-state index in [0.717, 1.165) is 23.1 Å². The minimum atomic E-state index is -4.82. The maximum absolute atomic E-state index is 12.6. The van der Waals surface area contributed by atoms with Gasteiger partial charge in [-0.25, -0.2) is 4.98 Å². The number of nitrogen functional groups attached to an aromatic ring is 1. The van der Waals surface area contributed by atoms with Gasteiger partial charge in [-0.2, -0.15) is 12.7 Å². The summed E-state index contributed by atoms with van der Waals surface area (Å²) in [6.45, 7) is 1.51. The molecule has 1 saturated heterocycles. The summed E-state index contributed by atoms with van der Waals surface area (Å²) in [6, 6.07) is -1.26. The van der Waals surface area contributed by atoms with Crippen molar-refractivity contribution in [2.24, 2.45) is 5.16 Å². The zero-order valence-corrected chi connectivity index (χ0v) is 17.6. The number of β-lactam (4-membered cyclic amide) rings is 1. The molecule has 17 heteroatoms. The van der Waals surface area contributed by atoms with Gasteiger partial charge in [-0.15, -0.1) is 23.1 Å². The van der Waals surface area contributed by atoms with Gasteiger partial charge < -0.3 is 21.2 Å². The average Bonchev–Trinajstić information content (AvgIpc) is 3.04. The number of amides is 3. The fourth-order valence-corrected chi connectivity index (χ4v) is 5.15. The SMILES string of the molecule is CON=C(C(=O)N[C@@H]1C(=O)N(S(=O)(=O)O)[C@@H]1SCCNC(C)=O)c1csc(N)n1.[NaH]. The third kappa shape index (κ3) is 6.53. The van der Waals surface area contributed by atoms with Crippen LogP contribution in [0.25, 0.3) is 0 Å². The topological polar surface area (TPSA) is 193 Å². The molecule has 3 amide bonds. The van der Waals surface area contributed by atoms with Crippen molar-refractivity contribution in [3.63, 3.8) is 0 Å². The molecule has 162 valence electrons. The van der Waals surface area contributed by atoms with Gasteiger partial charge in [0.25, 0.3) is 11.8 Å². The van der Waals surface area contributed by atoms with E-state index in [9.17, 15) is 27.4 Å². The predicted octanol–water partition coefficient (Wildman–Crippen LogP) is -2.25. The molecule has 13 nitrogen and oxygen atoms in total. The Morgan fingerprint density at radius 2 is 2.17 bits per heavy atom. The zero-order chi connectivity index (χ0) is 21.8. The van der Waals surface area contributed by atoms with E-state index in [-0.39, 0.29) is 68.6 Å². The standard InChI is InChI=1S/C13H18N6O7S3.Na.H/c1-6(20)15-3-4-27-12-9(11(22)19(12)29(23,24)25)17-10(21)8(18-26-2)7-5-28-13(14)16-7;;/h5,9,12H,3-4H2,1-2H3,(H2,14,16)(H,15,20)(H,17,21)(H,23,24,25);;/t9-,12-;;/m1../s1. The number of thioether (sulfide) groups is 1. The molecule has 2 atom stereocenters. The van der Waals surface area contributed by atoms with E-state index in [1.165, 1.54) is 19.4 Å². The summed E-state index contributed by atoms with van der Waals surface area (Å²) in [4.78, 5) is 44.2. The van der Waals surface area contributed by atoms with E-state index in [2.05, 4.69) is 25.6 Å². The molecular weight excluding hydrogens is 471 g/mol. The molecule has 2 rings (SSSR count). The minimum absolute atomic E-state index is 0. The number of hydrogen-bond acceptors (Lipinski definition) is 11. The molecule has 5 N–H and O–H groups in total. The van der Waals surface area contributed by atoms with Gasteiger partial charge in [0.1, 0.15) is 24.2 Å². The van der Waals surface area contributed by atoms with Gasteiger partial charge in [0.05, 0.1) is 0 Å². The Morgan fingerprint density at radius 3 is 2.67 bits per heavy atom. The molecule has 1 aromatic heterocycles. The number of nitrogens with two attached hydrogens (primary N) is 1. The second kappa shape index (κ2) is 11.3. The van der Waals surface area contributed by atoms with E-state index in [1.807, 2.05) is 0 Å². The number of nitrogens with one attached hydrogen (secondary N) is 2. The van der Waals surface area contributed by atoms with E-state index in [4.69, 9.17) is 5.73 Å². The molecule has 0 aromatic carbocycles. The van der Waals surface area contributed by atoms with Crippen molar-refractivity contribution in [3.05, 3.63) is 11.1 Å². The van der Waals surface area contributed by atoms with Gasteiger partial charge >= 0.3 is 39.9 Å². The number of nitrogens with zero attached hydrogens (tertiary/aromatic N) is 3. The van der Waals surface area contributed by atoms with Crippen molar-refractivity contribution in [1.82, 2.24) is 19.9 Å². The van der Waals surface area contributed by atoms with E-state index < -0.39 is 33.5 Å². The third-order valence-corrected chi connectivity index (χ3v) is 6.44. The summed E-state index contributed by atoms with van der Waals surface area (Å²) in [5.74, 6) is -1.93. The van der Waals surface area contributed by atoms with Crippen LogP contribution in [0, 0.1) is 0 Å². The molecule has 2 heterocycles. The first-order chi connectivity index (χ1) is 13.6. The quantitative estimate of drug-likeness (QED) is 0.0734. The number of anilines is 1. The average molecular weight is 491 g/mol. The summed E-state index contributed by atoms with van der Waals surface area (Å²) in [5.41, 5.74) is 5.39. The fourth-order valence-electron chi connectivity index (χ4n) is 2.29. The van der Waals surface area contributed by atoms with Gasteiger partial charge in [-0.05, 0) is 0 Å². The summed E-state index contributed by atoms with van der Waals surface area (Å²) in [7, 11) is -3.62. The van der Waals surface area contributed by atoms with Crippen LogP contribution in [0.2, 0.25) is 0 Å². The molecule has 0 bridgehead atoms. The van der Waals surface area contributed by atoms with Crippen LogP contribution < -0.4 is 16.4 Å². The van der Waals surface area contributed by atoms with Crippen LogP contribution >= 0.6 is 23.1 Å². The Balaban J connectivity index is 0.00000450. The Bertz CT molecular complexity index is 937. The summed E-state index contributed by atoms with van der Waals surface area (Å²) >= 11 is 2.01. The van der Waals surface area contributed by atoms with Gasteiger partial charge in [-0.1, -0.05) is 5.16 Å². The predicted molar refractivity (Wildman–Crippen MR) is 112 cm³/mol. The van der Waals surface area contributed by atoms with Gasteiger partial charge in [-0.3, -0.25) is 18.9 Å². The molecule has 0 radical (unpaired) electrons. The van der Waals surface area contributed by atoms with Crippen molar-refractivity contribution in [2.75, 3.05) is 25.1 Å². The first kappa shape index (κ1) is 26.6. The Labute approximate surface area is 202 Å². The zero-order valence-electron chi connectivity index (χ0n) is 15.2.